The van der Waals surface area contributed by atoms with E-state index in [1.54, 1.807) is 0 Å². The van der Waals surface area contributed by atoms with Crippen LogP contribution in [0.3, 0.4) is 0 Å². The van der Waals surface area contributed by atoms with Crippen LogP contribution in [0.15, 0.2) is 66.7 Å². The van der Waals surface area contributed by atoms with Gasteiger partial charge in [-0.3, -0.25) is 10.1 Å². The van der Waals surface area contributed by atoms with E-state index in [9.17, 15) is 4.79 Å². The van der Waals surface area contributed by atoms with Gasteiger partial charge >= 0.3 is 0 Å². The van der Waals surface area contributed by atoms with E-state index in [1.807, 2.05) is 73.7 Å². The van der Waals surface area contributed by atoms with Crippen LogP contribution < -0.4 is 15.4 Å². The zero-order valence-electron chi connectivity index (χ0n) is 13.8. The second-order valence-electron chi connectivity index (χ2n) is 5.67. The van der Waals surface area contributed by atoms with Gasteiger partial charge in [0.05, 0.1) is 0 Å². The average molecular weight is 350 g/mol. The number of thiocarbonyl (C=S) groups is 1. The monoisotopic (exact) mass is 350 g/mol. The molecule has 0 heterocycles. The number of anilines is 1. The standard InChI is InChI=1S/C20H18N2O2S/c1-14-5-4-8-18(11-14)24-13-19(23)22-20(25)21-17-10-9-15-6-2-3-7-16(15)12-17/h2-12H,13H2,1H3,(H2,21,22,23,25). The summed E-state index contributed by atoms with van der Waals surface area (Å²) < 4.78 is 5.46. The molecular formula is C20H18N2O2S. The summed E-state index contributed by atoms with van der Waals surface area (Å²) in [4.78, 5) is 12.0. The molecule has 3 aromatic carbocycles. The predicted octanol–water partition coefficient (Wildman–Crippen LogP) is 4.04. The van der Waals surface area contributed by atoms with Crippen molar-refractivity contribution in [2.45, 2.75) is 6.92 Å². The molecule has 3 aromatic rings. The third kappa shape index (κ3) is 4.78. The van der Waals surface area contributed by atoms with Crippen molar-refractivity contribution in [2.24, 2.45) is 0 Å². The third-order valence-corrected chi connectivity index (χ3v) is 3.82. The molecule has 0 fully saturated rings. The molecule has 0 aliphatic heterocycles. The highest BCUT2D eigenvalue weighted by Gasteiger charge is 2.06. The Morgan fingerprint density at radius 3 is 2.60 bits per heavy atom. The molecule has 4 nitrogen and oxygen atoms in total. The molecular weight excluding hydrogens is 332 g/mol. The summed E-state index contributed by atoms with van der Waals surface area (Å²) in [7, 11) is 0. The fraction of sp³-hybridized carbons (Fsp3) is 0.100. The maximum Gasteiger partial charge on any atom is 0.264 e. The summed E-state index contributed by atoms with van der Waals surface area (Å²) in [6.07, 6.45) is 0. The first-order valence-corrected chi connectivity index (χ1v) is 8.30. The van der Waals surface area contributed by atoms with Gasteiger partial charge in [0.1, 0.15) is 5.75 Å². The molecule has 5 heteroatoms. The molecule has 25 heavy (non-hydrogen) atoms. The quantitative estimate of drug-likeness (QED) is 0.697. The van der Waals surface area contributed by atoms with Crippen LogP contribution in [0.5, 0.6) is 5.75 Å². The molecule has 0 bridgehead atoms. The third-order valence-electron chi connectivity index (χ3n) is 3.62. The van der Waals surface area contributed by atoms with Gasteiger partial charge in [-0.05, 0) is 59.7 Å². The molecule has 0 aliphatic carbocycles. The molecule has 126 valence electrons. The SMILES string of the molecule is Cc1cccc(OCC(=O)NC(=S)Nc2ccc3ccccc3c2)c1. The van der Waals surface area contributed by atoms with Crippen LogP contribution in [-0.2, 0) is 4.79 Å². The number of fused-ring (bicyclic) bond motifs is 1. The van der Waals surface area contributed by atoms with Gasteiger partial charge in [-0.1, -0.05) is 42.5 Å². The Balaban J connectivity index is 1.53. The van der Waals surface area contributed by atoms with Gasteiger partial charge in [-0.2, -0.15) is 0 Å². The number of hydrogen-bond donors (Lipinski definition) is 2. The van der Waals surface area contributed by atoms with E-state index in [1.165, 1.54) is 0 Å². The lowest BCUT2D eigenvalue weighted by Crippen LogP contribution is -2.37. The van der Waals surface area contributed by atoms with Crippen LogP contribution in [0.25, 0.3) is 10.8 Å². The van der Waals surface area contributed by atoms with E-state index >= 15 is 0 Å². The topological polar surface area (TPSA) is 50.4 Å². The Labute approximate surface area is 151 Å². The van der Waals surface area contributed by atoms with E-state index in [-0.39, 0.29) is 17.6 Å². The van der Waals surface area contributed by atoms with Gasteiger partial charge < -0.3 is 10.1 Å². The summed E-state index contributed by atoms with van der Waals surface area (Å²) in [6.45, 7) is 1.87. The van der Waals surface area contributed by atoms with Gasteiger partial charge in [0.15, 0.2) is 11.7 Å². The first kappa shape index (κ1) is 16.9. The molecule has 0 unspecified atom stereocenters. The normalized spacial score (nSPS) is 10.3. The molecule has 0 radical (unpaired) electrons. The van der Waals surface area contributed by atoms with Crippen molar-refractivity contribution in [1.82, 2.24) is 5.32 Å². The van der Waals surface area contributed by atoms with Gasteiger partial charge in [0.2, 0.25) is 0 Å². The molecule has 0 aliphatic rings. The Hall–Kier alpha value is -2.92. The highest BCUT2D eigenvalue weighted by atomic mass is 32.1. The summed E-state index contributed by atoms with van der Waals surface area (Å²) in [5.41, 5.74) is 1.90. The summed E-state index contributed by atoms with van der Waals surface area (Å²) in [6, 6.07) is 21.5. The lowest BCUT2D eigenvalue weighted by Gasteiger charge is -2.11. The minimum absolute atomic E-state index is 0.0943. The first-order valence-electron chi connectivity index (χ1n) is 7.89. The first-order chi connectivity index (χ1) is 12.1. The van der Waals surface area contributed by atoms with Crippen molar-refractivity contribution >= 4 is 39.7 Å². The maximum atomic E-state index is 12.0. The minimum Gasteiger partial charge on any atom is -0.484 e. The van der Waals surface area contributed by atoms with Crippen LogP contribution in [0.4, 0.5) is 5.69 Å². The molecule has 0 aromatic heterocycles. The Bertz CT molecular complexity index is 924. The van der Waals surface area contributed by atoms with Crippen LogP contribution in [0, 0.1) is 6.92 Å². The van der Waals surface area contributed by atoms with Crippen molar-refractivity contribution in [2.75, 3.05) is 11.9 Å². The fourth-order valence-corrected chi connectivity index (χ4v) is 2.68. The molecule has 0 saturated carbocycles. The lowest BCUT2D eigenvalue weighted by atomic mass is 10.1. The lowest BCUT2D eigenvalue weighted by molar-refractivity contribution is -0.121. The summed E-state index contributed by atoms with van der Waals surface area (Å²) in [5.74, 6) is 0.350. The Kier molecular flexibility index (Phi) is 5.26. The largest absolute Gasteiger partial charge is 0.484 e. The van der Waals surface area contributed by atoms with Gasteiger partial charge in [0, 0.05) is 5.69 Å². The number of carbonyl (C=O) groups excluding carboxylic acids is 1. The predicted molar refractivity (Wildman–Crippen MR) is 105 cm³/mol. The number of amides is 1. The van der Waals surface area contributed by atoms with Crippen molar-refractivity contribution in [3.8, 4) is 5.75 Å². The second kappa shape index (κ2) is 7.77. The van der Waals surface area contributed by atoms with E-state index in [0.717, 1.165) is 22.0 Å². The maximum absolute atomic E-state index is 12.0. The van der Waals surface area contributed by atoms with E-state index in [2.05, 4.69) is 10.6 Å². The Morgan fingerprint density at radius 2 is 1.80 bits per heavy atom. The molecule has 2 N–H and O–H groups in total. The highest BCUT2D eigenvalue weighted by molar-refractivity contribution is 7.80. The van der Waals surface area contributed by atoms with E-state index in [0.29, 0.717) is 5.75 Å². The minimum atomic E-state index is -0.306. The van der Waals surface area contributed by atoms with Gasteiger partial charge in [-0.15, -0.1) is 0 Å². The molecule has 0 atom stereocenters. The van der Waals surface area contributed by atoms with E-state index in [4.69, 9.17) is 17.0 Å². The van der Waals surface area contributed by atoms with Crippen molar-refractivity contribution in [1.29, 1.82) is 0 Å². The highest BCUT2D eigenvalue weighted by Crippen LogP contribution is 2.18. The molecule has 0 saturated heterocycles. The second-order valence-corrected chi connectivity index (χ2v) is 6.08. The summed E-state index contributed by atoms with van der Waals surface area (Å²) >= 11 is 5.19. The van der Waals surface area contributed by atoms with Gasteiger partial charge in [-0.25, -0.2) is 0 Å². The zero-order chi connectivity index (χ0) is 17.6. The summed E-state index contributed by atoms with van der Waals surface area (Å²) in [5, 5.41) is 8.13. The average Bonchev–Trinajstić information content (AvgIpc) is 2.60. The van der Waals surface area contributed by atoms with Gasteiger partial charge in [0.25, 0.3) is 5.91 Å². The van der Waals surface area contributed by atoms with Crippen molar-refractivity contribution in [3.63, 3.8) is 0 Å². The number of ether oxygens (including phenoxy) is 1. The molecule has 3 rings (SSSR count). The fourth-order valence-electron chi connectivity index (χ4n) is 2.45. The Morgan fingerprint density at radius 1 is 1.00 bits per heavy atom. The number of carbonyl (C=O) groups is 1. The zero-order valence-corrected chi connectivity index (χ0v) is 14.6. The molecule has 0 spiro atoms. The van der Waals surface area contributed by atoms with Crippen molar-refractivity contribution < 1.29 is 9.53 Å². The smallest absolute Gasteiger partial charge is 0.264 e. The van der Waals surface area contributed by atoms with Crippen molar-refractivity contribution in [3.05, 3.63) is 72.3 Å². The number of aryl methyl sites for hydroxylation is 1. The van der Waals surface area contributed by atoms with E-state index < -0.39 is 0 Å². The number of hydrogen-bond acceptors (Lipinski definition) is 3. The number of benzene rings is 3. The van der Waals surface area contributed by atoms with Crippen LogP contribution >= 0.6 is 12.2 Å². The van der Waals surface area contributed by atoms with Crippen LogP contribution in [-0.4, -0.2) is 17.6 Å². The number of nitrogens with one attached hydrogen (secondary N) is 2. The van der Waals surface area contributed by atoms with Crippen LogP contribution in [0.1, 0.15) is 5.56 Å². The number of rotatable bonds is 4. The molecule has 1 amide bonds. The van der Waals surface area contributed by atoms with Crippen LogP contribution in [0.2, 0.25) is 0 Å².